The molecular formula is C13H16ClNO. The van der Waals surface area contributed by atoms with Crippen molar-refractivity contribution in [3.63, 3.8) is 0 Å². The van der Waals surface area contributed by atoms with Gasteiger partial charge in [0.25, 0.3) is 0 Å². The second-order valence-electron chi connectivity index (χ2n) is 3.48. The molecule has 0 aromatic heterocycles. The summed E-state index contributed by atoms with van der Waals surface area (Å²) in [5.41, 5.74) is 0. The van der Waals surface area contributed by atoms with Crippen LogP contribution in [0.1, 0.15) is 13.8 Å². The maximum absolute atomic E-state index is 5.87. The highest BCUT2D eigenvalue weighted by Crippen LogP contribution is 2.18. The first-order valence-corrected chi connectivity index (χ1v) is 5.67. The fourth-order valence-corrected chi connectivity index (χ4v) is 1.58. The van der Waals surface area contributed by atoms with Gasteiger partial charge in [-0.15, -0.1) is 6.42 Å². The lowest BCUT2D eigenvalue weighted by Gasteiger charge is -2.21. The number of nitrogens with one attached hydrogen (secondary N) is 1. The van der Waals surface area contributed by atoms with Gasteiger partial charge in [-0.2, -0.15) is 0 Å². The Morgan fingerprint density at radius 3 is 2.88 bits per heavy atom. The molecule has 0 amide bonds. The molecule has 0 saturated carbocycles. The van der Waals surface area contributed by atoms with E-state index in [4.69, 9.17) is 22.8 Å². The second kappa shape index (κ2) is 6.42. The standard InChI is InChI=1S/C13H16ClNO/c1-4-13(15-5-2)10(3)16-12-8-6-7-11(14)9-12/h1,6-10,13,15H,5H2,2-3H3. The van der Waals surface area contributed by atoms with Crippen molar-refractivity contribution in [1.82, 2.24) is 5.32 Å². The van der Waals surface area contributed by atoms with Crippen molar-refractivity contribution in [1.29, 1.82) is 0 Å². The van der Waals surface area contributed by atoms with Gasteiger partial charge < -0.3 is 10.1 Å². The minimum Gasteiger partial charge on any atom is -0.488 e. The minimum absolute atomic E-state index is 0.0935. The SMILES string of the molecule is C#CC(NCC)C(C)Oc1cccc(Cl)c1. The Labute approximate surface area is 102 Å². The summed E-state index contributed by atoms with van der Waals surface area (Å²) in [7, 11) is 0. The molecule has 2 nitrogen and oxygen atoms in total. The van der Waals surface area contributed by atoms with Gasteiger partial charge in [0.05, 0.1) is 0 Å². The van der Waals surface area contributed by atoms with Gasteiger partial charge in [0.2, 0.25) is 0 Å². The van der Waals surface area contributed by atoms with Crippen molar-refractivity contribution in [2.24, 2.45) is 0 Å². The molecule has 0 heterocycles. The Hall–Kier alpha value is -1.17. The van der Waals surface area contributed by atoms with E-state index in [1.807, 2.05) is 32.0 Å². The Bertz CT molecular complexity index is 372. The van der Waals surface area contributed by atoms with Crippen LogP contribution in [0.15, 0.2) is 24.3 Å². The van der Waals surface area contributed by atoms with Crippen LogP contribution in [0.25, 0.3) is 0 Å². The van der Waals surface area contributed by atoms with Crippen LogP contribution in [0.5, 0.6) is 5.75 Å². The molecular weight excluding hydrogens is 222 g/mol. The molecule has 1 rings (SSSR count). The largest absolute Gasteiger partial charge is 0.488 e. The third kappa shape index (κ3) is 3.77. The molecule has 86 valence electrons. The van der Waals surface area contributed by atoms with E-state index in [9.17, 15) is 0 Å². The summed E-state index contributed by atoms with van der Waals surface area (Å²) in [6, 6.07) is 7.20. The summed E-state index contributed by atoms with van der Waals surface area (Å²) in [4.78, 5) is 0. The first-order chi connectivity index (χ1) is 7.67. The summed E-state index contributed by atoms with van der Waals surface area (Å²) < 4.78 is 5.71. The van der Waals surface area contributed by atoms with Gasteiger partial charge in [0.15, 0.2) is 0 Å². The average Bonchev–Trinajstić information content (AvgIpc) is 2.25. The van der Waals surface area contributed by atoms with E-state index < -0.39 is 0 Å². The number of halogens is 1. The van der Waals surface area contributed by atoms with Crippen LogP contribution in [0.2, 0.25) is 5.02 Å². The Morgan fingerprint density at radius 2 is 2.31 bits per heavy atom. The Balaban J connectivity index is 2.63. The lowest BCUT2D eigenvalue weighted by Crippen LogP contribution is -2.40. The maximum atomic E-state index is 5.87. The number of terminal acetylenes is 1. The molecule has 0 aliphatic carbocycles. The highest BCUT2D eigenvalue weighted by Gasteiger charge is 2.14. The summed E-state index contributed by atoms with van der Waals surface area (Å²) in [5, 5.41) is 3.83. The van der Waals surface area contributed by atoms with Crippen LogP contribution >= 0.6 is 11.6 Å². The molecule has 0 aliphatic rings. The monoisotopic (exact) mass is 237 g/mol. The number of rotatable bonds is 5. The van der Waals surface area contributed by atoms with E-state index in [1.54, 1.807) is 6.07 Å². The zero-order chi connectivity index (χ0) is 12.0. The molecule has 2 unspecified atom stereocenters. The van der Waals surface area contributed by atoms with Gasteiger partial charge >= 0.3 is 0 Å². The van der Waals surface area contributed by atoms with Crippen LogP contribution < -0.4 is 10.1 Å². The van der Waals surface area contributed by atoms with E-state index in [0.717, 1.165) is 12.3 Å². The van der Waals surface area contributed by atoms with E-state index in [0.29, 0.717) is 5.02 Å². The fraction of sp³-hybridized carbons (Fsp3) is 0.385. The number of benzene rings is 1. The molecule has 0 spiro atoms. The maximum Gasteiger partial charge on any atom is 0.122 e. The van der Waals surface area contributed by atoms with Crippen molar-refractivity contribution in [3.05, 3.63) is 29.3 Å². The highest BCUT2D eigenvalue weighted by atomic mass is 35.5. The number of ether oxygens (including phenoxy) is 1. The molecule has 16 heavy (non-hydrogen) atoms. The molecule has 0 fully saturated rings. The molecule has 1 aromatic rings. The molecule has 0 saturated heterocycles. The smallest absolute Gasteiger partial charge is 0.122 e. The summed E-state index contributed by atoms with van der Waals surface area (Å²) in [5.74, 6) is 3.40. The topological polar surface area (TPSA) is 21.3 Å². The predicted molar refractivity (Wildman–Crippen MR) is 67.8 cm³/mol. The van der Waals surface area contributed by atoms with Crippen LogP contribution in [0, 0.1) is 12.3 Å². The van der Waals surface area contributed by atoms with Gasteiger partial charge in [-0.25, -0.2) is 0 Å². The van der Waals surface area contributed by atoms with Crippen molar-refractivity contribution in [3.8, 4) is 18.1 Å². The minimum atomic E-state index is -0.0941. The fourth-order valence-electron chi connectivity index (χ4n) is 1.40. The molecule has 2 atom stereocenters. The molecule has 3 heteroatoms. The van der Waals surface area contributed by atoms with E-state index in [-0.39, 0.29) is 12.1 Å². The number of likely N-dealkylation sites (N-methyl/N-ethyl adjacent to an activating group) is 1. The lowest BCUT2D eigenvalue weighted by atomic mass is 10.2. The quantitative estimate of drug-likeness (QED) is 0.796. The lowest BCUT2D eigenvalue weighted by molar-refractivity contribution is 0.194. The molecule has 1 N–H and O–H groups in total. The zero-order valence-electron chi connectivity index (χ0n) is 9.53. The first kappa shape index (κ1) is 12.9. The van der Waals surface area contributed by atoms with Crippen molar-refractivity contribution >= 4 is 11.6 Å². The van der Waals surface area contributed by atoms with Gasteiger partial charge in [0.1, 0.15) is 17.9 Å². The molecule has 0 aliphatic heterocycles. The van der Waals surface area contributed by atoms with Crippen LogP contribution in [-0.4, -0.2) is 18.7 Å². The summed E-state index contributed by atoms with van der Waals surface area (Å²) in [6.45, 7) is 4.77. The van der Waals surface area contributed by atoms with Crippen LogP contribution in [-0.2, 0) is 0 Å². The van der Waals surface area contributed by atoms with Gasteiger partial charge in [-0.3, -0.25) is 0 Å². The van der Waals surface area contributed by atoms with Crippen molar-refractivity contribution < 1.29 is 4.74 Å². The van der Waals surface area contributed by atoms with Crippen molar-refractivity contribution in [2.75, 3.05) is 6.54 Å². The first-order valence-electron chi connectivity index (χ1n) is 5.29. The Morgan fingerprint density at radius 1 is 1.56 bits per heavy atom. The molecule has 0 bridgehead atoms. The summed E-state index contributed by atoms with van der Waals surface area (Å²) in [6.07, 6.45) is 5.33. The van der Waals surface area contributed by atoms with Crippen LogP contribution in [0.4, 0.5) is 0 Å². The zero-order valence-corrected chi connectivity index (χ0v) is 10.3. The average molecular weight is 238 g/mol. The predicted octanol–water partition coefficient (Wildman–Crippen LogP) is 2.72. The third-order valence-electron chi connectivity index (χ3n) is 2.19. The van der Waals surface area contributed by atoms with Gasteiger partial charge in [-0.1, -0.05) is 30.5 Å². The highest BCUT2D eigenvalue weighted by molar-refractivity contribution is 6.30. The molecule has 1 aromatic carbocycles. The number of hydrogen-bond donors (Lipinski definition) is 1. The summed E-state index contributed by atoms with van der Waals surface area (Å²) >= 11 is 5.87. The van der Waals surface area contributed by atoms with E-state index in [2.05, 4.69) is 11.2 Å². The van der Waals surface area contributed by atoms with Crippen LogP contribution in [0.3, 0.4) is 0 Å². The second-order valence-corrected chi connectivity index (χ2v) is 3.92. The van der Waals surface area contributed by atoms with E-state index in [1.165, 1.54) is 0 Å². The van der Waals surface area contributed by atoms with Gasteiger partial charge in [0, 0.05) is 5.02 Å². The van der Waals surface area contributed by atoms with E-state index >= 15 is 0 Å². The number of hydrogen-bond acceptors (Lipinski definition) is 2. The van der Waals surface area contributed by atoms with Gasteiger partial charge in [-0.05, 0) is 31.7 Å². The van der Waals surface area contributed by atoms with Crippen molar-refractivity contribution in [2.45, 2.75) is 26.0 Å². The Kier molecular flexibility index (Phi) is 5.18. The normalized spacial score (nSPS) is 13.9. The third-order valence-corrected chi connectivity index (χ3v) is 2.43. The molecule has 0 radical (unpaired) electrons.